The van der Waals surface area contributed by atoms with Gasteiger partial charge in [-0.15, -0.1) is 0 Å². The van der Waals surface area contributed by atoms with Crippen molar-refractivity contribution in [1.82, 2.24) is 10.3 Å². The summed E-state index contributed by atoms with van der Waals surface area (Å²) in [7, 11) is 0. The van der Waals surface area contributed by atoms with Crippen molar-refractivity contribution in [2.45, 2.75) is 45.1 Å². The van der Waals surface area contributed by atoms with Crippen LogP contribution in [0, 0.1) is 11.2 Å². The fourth-order valence-electron chi connectivity index (χ4n) is 4.69. The van der Waals surface area contributed by atoms with Gasteiger partial charge in [-0.25, -0.2) is 9.40 Å². The number of halogens is 1. The van der Waals surface area contributed by atoms with Crippen molar-refractivity contribution in [1.29, 1.82) is 0 Å². The SMILES string of the molecule is CC(C)(CO)CCCNC(=O)C1(C)C(c2ccncc2)C(c2ccc(F)cc2)=NN1c1ccccc1. The van der Waals surface area contributed by atoms with E-state index in [1.807, 2.05) is 63.2 Å². The van der Waals surface area contributed by atoms with Crippen molar-refractivity contribution in [3.63, 3.8) is 0 Å². The van der Waals surface area contributed by atoms with Crippen LogP contribution in [-0.2, 0) is 4.79 Å². The van der Waals surface area contributed by atoms with Crippen LogP contribution in [0.15, 0.2) is 84.2 Å². The largest absolute Gasteiger partial charge is 0.396 e. The number of rotatable bonds is 9. The van der Waals surface area contributed by atoms with Gasteiger partial charge in [0.25, 0.3) is 0 Å². The lowest BCUT2D eigenvalue weighted by molar-refractivity contribution is -0.126. The van der Waals surface area contributed by atoms with Crippen LogP contribution in [0.25, 0.3) is 0 Å². The van der Waals surface area contributed by atoms with Crippen LogP contribution < -0.4 is 10.3 Å². The van der Waals surface area contributed by atoms with E-state index in [0.29, 0.717) is 12.3 Å². The number of anilines is 1. The minimum absolute atomic E-state index is 0.0967. The van der Waals surface area contributed by atoms with Crippen LogP contribution in [0.3, 0.4) is 0 Å². The number of benzene rings is 2. The second-order valence-corrected chi connectivity index (χ2v) is 10.2. The van der Waals surface area contributed by atoms with Crippen LogP contribution in [0.4, 0.5) is 10.1 Å². The van der Waals surface area contributed by atoms with Gasteiger partial charge in [-0.3, -0.25) is 9.78 Å². The van der Waals surface area contributed by atoms with Gasteiger partial charge in [0.05, 0.1) is 17.3 Å². The fourth-order valence-corrected chi connectivity index (χ4v) is 4.69. The lowest BCUT2D eigenvalue weighted by Crippen LogP contribution is -2.57. The summed E-state index contributed by atoms with van der Waals surface area (Å²) in [5.41, 5.74) is 1.82. The third kappa shape index (κ3) is 5.16. The highest BCUT2D eigenvalue weighted by Crippen LogP contribution is 2.44. The number of carbonyl (C=O) groups is 1. The number of hydrogen-bond donors (Lipinski definition) is 2. The first-order valence-corrected chi connectivity index (χ1v) is 12.2. The second kappa shape index (κ2) is 10.6. The number of carbonyl (C=O) groups excluding carboxylic acids is 1. The van der Waals surface area contributed by atoms with Gasteiger partial charge in [-0.05, 0) is 72.7 Å². The monoisotopic (exact) mass is 488 g/mol. The molecule has 1 aromatic heterocycles. The smallest absolute Gasteiger partial charge is 0.248 e. The molecule has 0 saturated heterocycles. The van der Waals surface area contributed by atoms with Crippen LogP contribution in [-0.4, -0.2) is 40.4 Å². The molecule has 2 unspecified atom stereocenters. The molecule has 1 aliphatic rings. The summed E-state index contributed by atoms with van der Waals surface area (Å²) in [6.07, 6.45) is 4.94. The lowest BCUT2D eigenvalue weighted by atomic mass is 9.75. The van der Waals surface area contributed by atoms with Gasteiger partial charge >= 0.3 is 0 Å². The normalized spacial score (nSPS) is 19.8. The number of hydrazone groups is 1. The number of hydrogen-bond acceptors (Lipinski definition) is 5. The third-order valence-corrected chi connectivity index (χ3v) is 6.87. The quantitative estimate of drug-likeness (QED) is 0.420. The Morgan fingerprint density at radius 1 is 1.08 bits per heavy atom. The van der Waals surface area contributed by atoms with E-state index in [9.17, 15) is 14.3 Å². The molecule has 0 aliphatic carbocycles. The molecule has 188 valence electrons. The molecule has 6 nitrogen and oxygen atoms in total. The molecule has 2 heterocycles. The highest BCUT2D eigenvalue weighted by atomic mass is 19.1. The third-order valence-electron chi connectivity index (χ3n) is 6.87. The molecular formula is C29H33FN4O2. The van der Waals surface area contributed by atoms with E-state index < -0.39 is 11.5 Å². The molecular weight excluding hydrogens is 455 g/mol. The predicted octanol–water partition coefficient (Wildman–Crippen LogP) is 4.90. The maximum absolute atomic E-state index is 14.0. The van der Waals surface area contributed by atoms with E-state index >= 15 is 0 Å². The van der Waals surface area contributed by atoms with Crippen molar-refractivity contribution >= 4 is 17.3 Å². The second-order valence-electron chi connectivity index (χ2n) is 10.2. The van der Waals surface area contributed by atoms with Gasteiger partial charge in [-0.1, -0.05) is 44.2 Å². The minimum Gasteiger partial charge on any atom is -0.396 e. The minimum atomic E-state index is -1.10. The first-order chi connectivity index (χ1) is 17.3. The van der Waals surface area contributed by atoms with Gasteiger partial charge in [0, 0.05) is 25.5 Å². The average Bonchev–Trinajstić information content (AvgIpc) is 3.22. The van der Waals surface area contributed by atoms with E-state index in [0.717, 1.165) is 29.7 Å². The molecule has 2 atom stereocenters. The molecule has 2 N–H and O–H groups in total. The topological polar surface area (TPSA) is 77.8 Å². The summed E-state index contributed by atoms with van der Waals surface area (Å²) >= 11 is 0. The average molecular weight is 489 g/mol. The van der Waals surface area contributed by atoms with E-state index in [-0.39, 0.29) is 23.7 Å². The molecule has 7 heteroatoms. The van der Waals surface area contributed by atoms with E-state index in [1.54, 1.807) is 29.5 Å². The molecule has 3 aromatic rings. The summed E-state index contributed by atoms with van der Waals surface area (Å²) in [4.78, 5) is 18.2. The number of nitrogens with one attached hydrogen (secondary N) is 1. The van der Waals surface area contributed by atoms with E-state index in [4.69, 9.17) is 5.10 Å². The van der Waals surface area contributed by atoms with Gasteiger partial charge in [0.2, 0.25) is 5.91 Å². The summed E-state index contributed by atoms with van der Waals surface area (Å²) < 4.78 is 13.8. The summed E-state index contributed by atoms with van der Waals surface area (Å²) in [6.45, 7) is 6.49. The van der Waals surface area contributed by atoms with Gasteiger partial charge in [0.15, 0.2) is 5.54 Å². The molecule has 0 fully saturated rings. The Hall–Kier alpha value is -3.58. The fraction of sp³-hybridized carbons (Fsp3) is 0.345. The lowest BCUT2D eigenvalue weighted by Gasteiger charge is -2.38. The molecule has 0 radical (unpaired) electrons. The van der Waals surface area contributed by atoms with E-state index in [2.05, 4.69) is 10.3 Å². The maximum Gasteiger partial charge on any atom is 0.248 e. The number of aromatic nitrogens is 1. The Morgan fingerprint density at radius 3 is 2.39 bits per heavy atom. The Morgan fingerprint density at radius 2 is 1.75 bits per heavy atom. The van der Waals surface area contributed by atoms with Gasteiger partial charge in [-0.2, -0.15) is 5.10 Å². The number of aliphatic hydroxyl groups is 1. The van der Waals surface area contributed by atoms with Crippen LogP contribution in [0.2, 0.25) is 0 Å². The first-order valence-electron chi connectivity index (χ1n) is 12.2. The standard InChI is InChI=1S/C29H33FN4O2/c1-28(2,20-35)16-7-17-32-27(36)29(3)25(21-14-18-31-19-15-21)26(22-10-12-23(30)13-11-22)33-34(29)24-8-5-4-6-9-24/h4-6,8-15,18-19,25,35H,7,16-17,20H2,1-3H3,(H,32,36). The number of para-hydroxylation sites is 1. The van der Waals surface area contributed by atoms with E-state index in [1.165, 1.54) is 12.1 Å². The van der Waals surface area contributed by atoms with Gasteiger partial charge < -0.3 is 10.4 Å². The summed E-state index contributed by atoms with van der Waals surface area (Å²) in [5, 5.41) is 19.5. The van der Waals surface area contributed by atoms with Crippen LogP contribution in [0.1, 0.15) is 50.7 Å². The number of amides is 1. The van der Waals surface area contributed by atoms with Crippen LogP contribution in [0.5, 0.6) is 0 Å². The molecule has 1 amide bonds. The number of aliphatic hydroxyl groups excluding tert-OH is 1. The first kappa shape index (κ1) is 25.5. The van der Waals surface area contributed by atoms with Crippen molar-refractivity contribution in [2.75, 3.05) is 18.2 Å². The molecule has 4 rings (SSSR count). The van der Waals surface area contributed by atoms with Crippen molar-refractivity contribution in [3.8, 4) is 0 Å². The van der Waals surface area contributed by atoms with Crippen molar-refractivity contribution in [2.24, 2.45) is 10.5 Å². The molecule has 1 aliphatic heterocycles. The Bertz CT molecular complexity index is 1200. The highest BCUT2D eigenvalue weighted by molar-refractivity contribution is 6.13. The Balaban J connectivity index is 1.75. The highest BCUT2D eigenvalue weighted by Gasteiger charge is 2.54. The Kier molecular flexibility index (Phi) is 7.50. The summed E-state index contributed by atoms with van der Waals surface area (Å²) in [6, 6.07) is 19.6. The van der Waals surface area contributed by atoms with Crippen molar-refractivity contribution < 1.29 is 14.3 Å². The predicted molar refractivity (Wildman–Crippen MR) is 140 cm³/mol. The molecule has 36 heavy (non-hydrogen) atoms. The molecule has 2 aromatic carbocycles. The maximum atomic E-state index is 14.0. The van der Waals surface area contributed by atoms with Crippen molar-refractivity contribution in [3.05, 3.63) is 96.1 Å². The number of pyridine rings is 1. The number of nitrogens with zero attached hydrogens (tertiary/aromatic N) is 3. The van der Waals surface area contributed by atoms with Gasteiger partial charge in [0.1, 0.15) is 5.82 Å². The Labute approximate surface area is 211 Å². The zero-order valence-electron chi connectivity index (χ0n) is 21.0. The molecule has 0 spiro atoms. The zero-order chi connectivity index (χ0) is 25.8. The molecule has 0 bridgehead atoms. The zero-order valence-corrected chi connectivity index (χ0v) is 21.0. The molecule has 0 saturated carbocycles. The summed E-state index contributed by atoms with van der Waals surface area (Å²) in [5.74, 6) is -0.917. The van der Waals surface area contributed by atoms with Crippen LogP contribution >= 0.6 is 0 Å².